The van der Waals surface area contributed by atoms with Crippen LogP contribution in [0.15, 0.2) is 48.5 Å². The number of hydrogen-bond donors (Lipinski definition) is 1. The molecule has 0 aromatic heterocycles. The van der Waals surface area contributed by atoms with Gasteiger partial charge in [0.05, 0.1) is 6.54 Å². The third-order valence-electron chi connectivity index (χ3n) is 3.70. The molecule has 6 heteroatoms. The molecule has 0 aliphatic carbocycles. The van der Waals surface area contributed by atoms with Gasteiger partial charge in [0.25, 0.3) is 5.91 Å². The summed E-state index contributed by atoms with van der Waals surface area (Å²) in [7, 11) is 0. The zero-order valence-corrected chi connectivity index (χ0v) is 13.9. The Bertz CT molecular complexity index is 774. The number of ether oxygens (including phenoxy) is 3. The third-order valence-corrected chi connectivity index (χ3v) is 3.70. The van der Waals surface area contributed by atoms with E-state index in [4.69, 9.17) is 14.2 Å². The molecule has 1 heterocycles. The highest BCUT2D eigenvalue weighted by molar-refractivity contribution is 5.94. The number of carbonyl (C=O) groups excluding carboxylic acids is 2. The Kier molecular flexibility index (Phi) is 5.18. The van der Waals surface area contributed by atoms with Gasteiger partial charge in [0.15, 0.2) is 23.9 Å². The van der Waals surface area contributed by atoms with E-state index in [1.807, 2.05) is 24.3 Å². The maximum Gasteiger partial charge on any atom is 0.258 e. The monoisotopic (exact) mass is 341 g/mol. The van der Waals surface area contributed by atoms with Crippen LogP contribution in [0, 0.1) is 0 Å². The van der Waals surface area contributed by atoms with E-state index in [-0.39, 0.29) is 24.4 Å². The summed E-state index contributed by atoms with van der Waals surface area (Å²) in [6, 6.07) is 14.2. The molecule has 0 spiro atoms. The lowest BCUT2D eigenvalue weighted by Crippen LogP contribution is -2.42. The second kappa shape index (κ2) is 7.70. The van der Waals surface area contributed by atoms with Crippen LogP contribution < -0.4 is 19.5 Å². The summed E-state index contributed by atoms with van der Waals surface area (Å²) in [6.45, 7) is 2.05. The Hall–Kier alpha value is -3.02. The fraction of sp³-hybridized carbons (Fsp3) is 0.263. The third kappa shape index (κ3) is 4.50. The van der Waals surface area contributed by atoms with Gasteiger partial charge in [-0.05, 0) is 31.2 Å². The number of nitrogens with one attached hydrogen (secondary N) is 1. The number of hydrogen-bond acceptors (Lipinski definition) is 5. The molecule has 1 unspecified atom stereocenters. The van der Waals surface area contributed by atoms with Crippen LogP contribution in [0.25, 0.3) is 0 Å². The van der Waals surface area contributed by atoms with Gasteiger partial charge in [0, 0.05) is 5.56 Å². The SMILES string of the molecule is CC(=O)c1cccc(OCC(=O)NCC2COc3ccccc3O2)c1. The van der Waals surface area contributed by atoms with Crippen LogP contribution in [0.2, 0.25) is 0 Å². The number of amides is 1. The molecule has 6 nitrogen and oxygen atoms in total. The van der Waals surface area contributed by atoms with Crippen molar-refractivity contribution in [2.24, 2.45) is 0 Å². The smallest absolute Gasteiger partial charge is 0.258 e. The Morgan fingerprint density at radius 2 is 1.96 bits per heavy atom. The Morgan fingerprint density at radius 3 is 2.76 bits per heavy atom. The van der Waals surface area contributed by atoms with Crippen molar-refractivity contribution in [3.8, 4) is 17.2 Å². The summed E-state index contributed by atoms with van der Waals surface area (Å²) in [5, 5.41) is 2.75. The van der Waals surface area contributed by atoms with Crippen molar-refractivity contribution in [2.45, 2.75) is 13.0 Å². The maximum absolute atomic E-state index is 11.9. The lowest BCUT2D eigenvalue weighted by molar-refractivity contribution is -0.123. The molecule has 1 aliphatic rings. The zero-order valence-electron chi connectivity index (χ0n) is 13.9. The zero-order chi connectivity index (χ0) is 17.6. The number of carbonyl (C=O) groups is 2. The molecule has 1 aliphatic heterocycles. The number of para-hydroxylation sites is 2. The number of benzene rings is 2. The Labute approximate surface area is 145 Å². The van der Waals surface area contributed by atoms with E-state index < -0.39 is 0 Å². The number of ketones is 1. The predicted molar refractivity (Wildman–Crippen MR) is 91.3 cm³/mol. The van der Waals surface area contributed by atoms with E-state index in [2.05, 4.69) is 5.32 Å². The molecular weight excluding hydrogens is 322 g/mol. The fourth-order valence-electron chi connectivity index (χ4n) is 2.40. The Morgan fingerprint density at radius 1 is 1.16 bits per heavy atom. The molecule has 2 aromatic carbocycles. The standard InChI is InChI=1S/C19H19NO5/c1-13(21)14-5-4-6-15(9-14)23-12-19(22)20-10-16-11-24-17-7-2-3-8-18(17)25-16/h2-9,16H,10-12H2,1H3,(H,20,22). The molecule has 0 saturated carbocycles. The van der Waals surface area contributed by atoms with Gasteiger partial charge in [-0.1, -0.05) is 24.3 Å². The van der Waals surface area contributed by atoms with Gasteiger partial charge in [-0.15, -0.1) is 0 Å². The van der Waals surface area contributed by atoms with Crippen molar-refractivity contribution >= 4 is 11.7 Å². The minimum Gasteiger partial charge on any atom is -0.486 e. The summed E-state index contributed by atoms with van der Waals surface area (Å²) in [5.41, 5.74) is 0.546. The van der Waals surface area contributed by atoms with Gasteiger partial charge in [-0.25, -0.2) is 0 Å². The summed E-state index contributed by atoms with van der Waals surface area (Å²) in [4.78, 5) is 23.3. The van der Waals surface area contributed by atoms with Crippen molar-refractivity contribution in [2.75, 3.05) is 19.8 Å². The normalized spacial score (nSPS) is 15.3. The topological polar surface area (TPSA) is 73.9 Å². The highest BCUT2D eigenvalue weighted by atomic mass is 16.6. The first-order valence-corrected chi connectivity index (χ1v) is 8.01. The van der Waals surface area contributed by atoms with Gasteiger partial charge < -0.3 is 19.5 Å². The lowest BCUT2D eigenvalue weighted by atomic mass is 10.1. The summed E-state index contributed by atoms with van der Waals surface area (Å²) in [6.07, 6.45) is -0.250. The molecule has 25 heavy (non-hydrogen) atoms. The van der Waals surface area contributed by atoms with Gasteiger partial charge in [0.1, 0.15) is 18.5 Å². The van der Waals surface area contributed by atoms with Gasteiger partial charge in [0.2, 0.25) is 0 Å². The van der Waals surface area contributed by atoms with Crippen molar-refractivity contribution in [1.82, 2.24) is 5.32 Å². The van der Waals surface area contributed by atoms with Crippen molar-refractivity contribution in [3.05, 3.63) is 54.1 Å². The molecule has 0 fully saturated rings. The first-order chi connectivity index (χ1) is 12.1. The summed E-state index contributed by atoms with van der Waals surface area (Å²) >= 11 is 0. The number of fused-ring (bicyclic) bond motifs is 1. The molecule has 1 N–H and O–H groups in total. The van der Waals surface area contributed by atoms with Crippen LogP contribution in [0.5, 0.6) is 17.2 Å². The summed E-state index contributed by atoms with van der Waals surface area (Å²) < 4.78 is 16.8. The van der Waals surface area contributed by atoms with E-state index >= 15 is 0 Å². The van der Waals surface area contributed by atoms with Crippen molar-refractivity contribution in [1.29, 1.82) is 0 Å². The second-order valence-corrected chi connectivity index (χ2v) is 5.67. The molecular formula is C19H19NO5. The first-order valence-electron chi connectivity index (χ1n) is 8.01. The van der Waals surface area contributed by atoms with Crippen LogP contribution in [-0.2, 0) is 4.79 Å². The molecule has 0 radical (unpaired) electrons. The quantitative estimate of drug-likeness (QED) is 0.816. The maximum atomic E-state index is 11.9. The van der Waals surface area contributed by atoms with Crippen LogP contribution in [0.1, 0.15) is 17.3 Å². The van der Waals surface area contributed by atoms with E-state index in [0.717, 1.165) is 0 Å². The van der Waals surface area contributed by atoms with Crippen molar-refractivity contribution in [3.63, 3.8) is 0 Å². The van der Waals surface area contributed by atoms with E-state index in [0.29, 0.717) is 36.0 Å². The van der Waals surface area contributed by atoms with E-state index in [9.17, 15) is 9.59 Å². The molecule has 130 valence electrons. The largest absolute Gasteiger partial charge is 0.486 e. The average molecular weight is 341 g/mol. The van der Waals surface area contributed by atoms with Crippen LogP contribution in [-0.4, -0.2) is 37.6 Å². The molecule has 1 atom stereocenters. The molecule has 0 bridgehead atoms. The predicted octanol–water partition coefficient (Wildman–Crippen LogP) is 2.22. The molecule has 3 rings (SSSR count). The van der Waals surface area contributed by atoms with Crippen LogP contribution in [0.3, 0.4) is 0 Å². The Balaban J connectivity index is 1.44. The van der Waals surface area contributed by atoms with Crippen molar-refractivity contribution < 1.29 is 23.8 Å². The van der Waals surface area contributed by atoms with Gasteiger partial charge in [-0.2, -0.15) is 0 Å². The lowest BCUT2D eigenvalue weighted by Gasteiger charge is -2.26. The number of rotatable bonds is 6. The van der Waals surface area contributed by atoms with Gasteiger partial charge in [-0.3, -0.25) is 9.59 Å². The fourth-order valence-corrected chi connectivity index (χ4v) is 2.40. The molecule has 0 saturated heterocycles. The highest BCUT2D eigenvalue weighted by Gasteiger charge is 2.21. The molecule has 2 aromatic rings. The highest BCUT2D eigenvalue weighted by Crippen LogP contribution is 2.30. The average Bonchev–Trinajstić information content (AvgIpc) is 2.64. The van der Waals surface area contributed by atoms with E-state index in [1.165, 1.54) is 6.92 Å². The minimum absolute atomic E-state index is 0.0513. The number of Topliss-reactive ketones (excluding diaryl/α,β-unsaturated/α-hetero) is 1. The minimum atomic E-state index is -0.268. The first kappa shape index (κ1) is 16.8. The summed E-state index contributed by atoms with van der Waals surface area (Å²) in [5.74, 6) is 1.54. The van der Waals surface area contributed by atoms with Crippen LogP contribution in [0.4, 0.5) is 0 Å². The van der Waals surface area contributed by atoms with Gasteiger partial charge >= 0.3 is 0 Å². The van der Waals surface area contributed by atoms with E-state index in [1.54, 1.807) is 24.3 Å². The molecule has 1 amide bonds. The van der Waals surface area contributed by atoms with Crippen LogP contribution >= 0.6 is 0 Å². The second-order valence-electron chi connectivity index (χ2n) is 5.67.